The van der Waals surface area contributed by atoms with E-state index >= 15 is 0 Å². The van der Waals surface area contributed by atoms with E-state index in [1.165, 1.54) is 0 Å². The molecule has 1 rings (SSSR count). The van der Waals surface area contributed by atoms with Gasteiger partial charge >= 0.3 is 0 Å². The van der Waals surface area contributed by atoms with Crippen LogP contribution in [0.15, 0.2) is 0 Å². The van der Waals surface area contributed by atoms with Gasteiger partial charge in [-0.15, -0.1) is 0 Å². The average molecular weight is 130 g/mol. The minimum atomic E-state index is 0.00347. The molecule has 0 aromatic heterocycles. The van der Waals surface area contributed by atoms with E-state index in [0.717, 1.165) is 19.8 Å². The first-order chi connectivity index (χ1) is 4.43. The highest BCUT2D eigenvalue weighted by atomic mass is 16.5. The lowest BCUT2D eigenvalue weighted by Crippen LogP contribution is -2.37. The Bertz CT molecular complexity index is 68.7. The van der Waals surface area contributed by atoms with E-state index in [1.807, 2.05) is 6.92 Å². The second kappa shape index (κ2) is 3.82. The molecule has 0 spiro atoms. The molecular weight excluding hydrogens is 118 g/mol. The number of nitrogens with zero attached hydrogens (tertiary/aromatic N) is 1. The number of rotatable bonds is 2. The summed E-state index contributed by atoms with van der Waals surface area (Å²) in [6.07, 6.45) is 0.00347. The molecule has 0 N–H and O–H groups in total. The van der Waals surface area contributed by atoms with Crippen molar-refractivity contribution in [1.29, 1.82) is 0 Å². The molecule has 1 unspecified atom stereocenters. The Morgan fingerprint density at radius 3 is 3.22 bits per heavy atom. The van der Waals surface area contributed by atoms with Crippen LogP contribution in [0.2, 0.25) is 0 Å². The third-order valence-electron chi connectivity index (χ3n) is 1.19. The molecule has 3 heteroatoms. The second-order valence-electron chi connectivity index (χ2n) is 1.89. The zero-order chi connectivity index (χ0) is 6.53. The number of hydrogen-bond donors (Lipinski definition) is 0. The fourth-order valence-corrected chi connectivity index (χ4v) is 0.791. The minimum Gasteiger partial charge on any atom is -0.376 e. The van der Waals surface area contributed by atoms with E-state index in [0.29, 0.717) is 6.61 Å². The Labute approximate surface area is 55.3 Å². The van der Waals surface area contributed by atoms with Crippen LogP contribution in [0.3, 0.4) is 0 Å². The van der Waals surface area contributed by atoms with E-state index < -0.39 is 0 Å². The van der Waals surface area contributed by atoms with Gasteiger partial charge in [-0.1, -0.05) is 0 Å². The normalized spacial score (nSPS) is 28.3. The molecule has 1 atom stereocenters. The molecule has 53 valence electrons. The third-order valence-corrected chi connectivity index (χ3v) is 1.19. The lowest BCUT2D eigenvalue weighted by molar-refractivity contribution is -0.0596. The SMILES string of the molecule is CCOC1COCC[N]1. The Kier molecular flexibility index (Phi) is 2.97. The fourth-order valence-electron chi connectivity index (χ4n) is 0.791. The van der Waals surface area contributed by atoms with Gasteiger partial charge in [-0.2, -0.15) is 0 Å². The minimum absolute atomic E-state index is 0.00347. The summed E-state index contributed by atoms with van der Waals surface area (Å²) in [7, 11) is 0. The third kappa shape index (κ3) is 2.30. The van der Waals surface area contributed by atoms with Crippen molar-refractivity contribution in [3.05, 3.63) is 0 Å². The number of morpholine rings is 1. The van der Waals surface area contributed by atoms with Crippen LogP contribution in [0, 0.1) is 0 Å². The highest BCUT2D eigenvalue weighted by Crippen LogP contribution is 1.95. The van der Waals surface area contributed by atoms with Gasteiger partial charge in [-0.25, -0.2) is 5.32 Å². The fraction of sp³-hybridized carbons (Fsp3) is 1.00. The van der Waals surface area contributed by atoms with E-state index in [2.05, 4.69) is 5.32 Å². The summed E-state index contributed by atoms with van der Waals surface area (Å²) in [5.74, 6) is 0. The Morgan fingerprint density at radius 1 is 1.78 bits per heavy atom. The first kappa shape index (κ1) is 6.99. The van der Waals surface area contributed by atoms with Crippen LogP contribution in [-0.4, -0.2) is 32.6 Å². The van der Waals surface area contributed by atoms with Crippen LogP contribution in [0.4, 0.5) is 0 Å². The molecule has 0 amide bonds. The Hall–Kier alpha value is -0.120. The van der Waals surface area contributed by atoms with Crippen molar-refractivity contribution in [3.8, 4) is 0 Å². The molecule has 0 aromatic carbocycles. The van der Waals surface area contributed by atoms with Crippen LogP contribution in [0.25, 0.3) is 0 Å². The molecule has 1 aliphatic rings. The van der Waals surface area contributed by atoms with Crippen molar-refractivity contribution in [3.63, 3.8) is 0 Å². The zero-order valence-electron chi connectivity index (χ0n) is 5.67. The van der Waals surface area contributed by atoms with Crippen molar-refractivity contribution < 1.29 is 9.47 Å². The molecule has 0 bridgehead atoms. The molecule has 0 saturated carbocycles. The van der Waals surface area contributed by atoms with E-state index in [9.17, 15) is 0 Å². The number of hydrogen-bond acceptors (Lipinski definition) is 2. The molecule has 1 radical (unpaired) electrons. The molecule has 0 aliphatic carbocycles. The molecule has 9 heavy (non-hydrogen) atoms. The molecule has 1 aliphatic heterocycles. The maximum atomic E-state index is 5.19. The monoisotopic (exact) mass is 130 g/mol. The van der Waals surface area contributed by atoms with Gasteiger partial charge in [0, 0.05) is 13.2 Å². The average Bonchev–Trinajstić information content (AvgIpc) is 1.91. The van der Waals surface area contributed by atoms with Gasteiger partial charge in [0.2, 0.25) is 0 Å². The Morgan fingerprint density at radius 2 is 2.67 bits per heavy atom. The summed E-state index contributed by atoms with van der Waals surface area (Å²) < 4.78 is 10.3. The maximum Gasteiger partial charge on any atom is 0.146 e. The van der Waals surface area contributed by atoms with E-state index in [-0.39, 0.29) is 6.23 Å². The standard InChI is InChI=1S/C6H12NO2/c1-2-9-6-5-8-4-3-7-6/h6H,2-5H2,1H3. The van der Waals surface area contributed by atoms with Gasteiger partial charge in [0.05, 0.1) is 13.2 Å². The lowest BCUT2D eigenvalue weighted by Gasteiger charge is -2.21. The maximum absolute atomic E-state index is 5.19. The van der Waals surface area contributed by atoms with Gasteiger partial charge in [0.25, 0.3) is 0 Å². The molecule has 1 fully saturated rings. The number of ether oxygens (including phenoxy) is 2. The van der Waals surface area contributed by atoms with Crippen molar-refractivity contribution in [2.75, 3.05) is 26.4 Å². The topological polar surface area (TPSA) is 32.6 Å². The highest BCUT2D eigenvalue weighted by Gasteiger charge is 2.12. The molecular formula is C6H12NO2. The summed E-state index contributed by atoms with van der Waals surface area (Å²) in [4.78, 5) is 0. The lowest BCUT2D eigenvalue weighted by atomic mass is 10.5. The quantitative estimate of drug-likeness (QED) is 0.526. The summed E-state index contributed by atoms with van der Waals surface area (Å²) in [5.41, 5.74) is 0. The smallest absolute Gasteiger partial charge is 0.146 e. The predicted molar refractivity (Wildman–Crippen MR) is 33.2 cm³/mol. The van der Waals surface area contributed by atoms with Crippen molar-refractivity contribution in [2.24, 2.45) is 0 Å². The summed E-state index contributed by atoms with van der Waals surface area (Å²) in [5, 5.41) is 4.17. The molecule has 0 aromatic rings. The predicted octanol–water partition coefficient (Wildman–Crippen LogP) is -0.0164. The van der Waals surface area contributed by atoms with Crippen molar-refractivity contribution >= 4 is 0 Å². The van der Waals surface area contributed by atoms with Gasteiger partial charge in [0.1, 0.15) is 6.23 Å². The Balaban J connectivity index is 2.08. The van der Waals surface area contributed by atoms with Crippen molar-refractivity contribution in [2.45, 2.75) is 13.2 Å². The zero-order valence-corrected chi connectivity index (χ0v) is 5.67. The first-order valence-corrected chi connectivity index (χ1v) is 3.29. The first-order valence-electron chi connectivity index (χ1n) is 3.29. The highest BCUT2D eigenvalue weighted by molar-refractivity contribution is 4.58. The second-order valence-corrected chi connectivity index (χ2v) is 1.89. The largest absolute Gasteiger partial charge is 0.376 e. The van der Waals surface area contributed by atoms with Gasteiger partial charge in [-0.3, -0.25) is 0 Å². The molecule has 1 saturated heterocycles. The summed E-state index contributed by atoms with van der Waals surface area (Å²) in [6, 6.07) is 0. The van der Waals surface area contributed by atoms with Crippen LogP contribution >= 0.6 is 0 Å². The van der Waals surface area contributed by atoms with E-state index in [1.54, 1.807) is 0 Å². The summed E-state index contributed by atoms with van der Waals surface area (Å²) in [6.45, 7) is 4.85. The molecule has 3 nitrogen and oxygen atoms in total. The summed E-state index contributed by atoms with van der Waals surface area (Å²) >= 11 is 0. The van der Waals surface area contributed by atoms with Crippen LogP contribution in [0.5, 0.6) is 0 Å². The van der Waals surface area contributed by atoms with Crippen molar-refractivity contribution in [1.82, 2.24) is 5.32 Å². The van der Waals surface area contributed by atoms with Crippen LogP contribution < -0.4 is 5.32 Å². The molecule has 1 heterocycles. The van der Waals surface area contributed by atoms with Crippen LogP contribution in [-0.2, 0) is 9.47 Å². The van der Waals surface area contributed by atoms with Gasteiger partial charge in [0.15, 0.2) is 0 Å². The van der Waals surface area contributed by atoms with Gasteiger partial charge in [-0.05, 0) is 6.92 Å². The van der Waals surface area contributed by atoms with Gasteiger partial charge < -0.3 is 9.47 Å². The van der Waals surface area contributed by atoms with Crippen LogP contribution in [0.1, 0.15) is 6.92 Å². The van der Waals surface area contributed by atoms with E-state index in [4.69, 9.17) is 9.47 Å².